The summed E-state index contributed by atoms with van der Waals surface area (Å²) in [6.45, 7) is 4.38. The lowest BCUT2D eigenvalue weighted by atomic mass is 10.1. The van der Waals surface area contributed by atoms with Gasteiger partial charge in [-0.05, 0) is 37.8 Å². The fraction of sp³-hybridized carbons (Fsp3) is 0.474. The van der Waals surface area contributed by atoms with Gasteiger partial charge in [0.15, 0.2) is 0 Å². The summed E-state index contributed by atoms with van der Waals surface area (Å²) in [4.78, 5) is 9.01. The van der Waals surface area contributed by atoms with E-state index in [1.165, 1.54) is 5.56 Å². The van der Waals surface area contributed by atoms with E-state index in [-0.39, 0.29) is 6.10 Å². The minimum absolute atomic E-state index is 0.289. The lowest BCUT2D eigenvalue weighted by molar-refractivity contribution is 0.120. The summed E-state index contributed by atoms with van der Waals surface area (Å²) in [7, 11) is 1.70. The van der Waals surface area contributed by atoms with Gasteiger partial charge in [-0.1, -0.05) is 18.2 Å². The van der Waals surface area contributed by atoms with Gasteiger partial charge < -0.3 is 20.1 Å². The molecule has 1 aromatic carbocycles. The minimum Gasteiger partial charge on any atom is -0.496 e. The summed E-state index contributed by atoms with van der Waals surface area (Å²) < 4.78 is 11.0. The average Bonchev–Trinajstić information content (AvgIpc) is 3.13. The number of hydrogen-bond acceptors (Lipinski definition) is 6. The first kappa shape index (κ1) is 17.5. The first-order valence-electron chi connectivity index (χ1n) is 8.81. The molecule has 0 saturated carbocycles. The predicted molar refractivity (Wildman–Crippen MR) is 99.4 cm³/mol. The topological polar surface area (TPSA) is 68.3 Å². The molecule has 2 heterocycles. The van der Waals surface area contributed by atoms with Crippen molar-refractivity contribution in [3.63, 3.8) is 0 Å². The summed E-state index contributed by atoms with van der Waals surface area (Å²) in [6, 6.07) is 10.0. The number of rotatable bonds is 8. The summed E-state index contributed by atoms with van der Waals surface area (Å²) in [5.41, 5.74) is 2.10. The first-order chi connectivity index (χ1) is 12.2. The zero-order valence-electron chi connectivity index (χ0n) is 14.9. The van der Waals surface area contributed by atoms with Crippen molar-refractivity contribution in [3.8, 4) is 5.75 Å². The zero-order chi connectivity index (χ0) is 17.5. The maximum Gasteiger partial charge on any atom is 0.224 e. The van der Waals surface area contributed by atoms with Gasteiger partial charge in [-0.2, -0.15) is 4.98 Å². The van der Waals surface area contributed by atoms with E-state index >= 15 is 0 Å². The second-order valence-electron chi connectivity index (χ2n) is 6.22. The maximum absolute atomic E-state index is 5.64. The smallest absolute Gasteiger partial charge is 0.224 e. The van der Waals surface area contributed by atoms with Crippen molar-refractivity contribution in [1.29, 1.82) is 0 Å². The Labute approximate surface area is 149 Å². The van der Waals surface area contributed by atoms with Crippen LogP contribution >= 0.6 is 0 Å². The third-order valence-electron chi connectivity index (χ3n) is 4.26. The Hall–Kier alpha value is -2.34. The number of benzene rings is 1. The van der Waals surface area contributed by atoms with Crippen LogP contribution in [0.5, 0.6) is 5.75 Å². The standard InChI is InChI=1S/C19H26N4O2/c1-14-12-18(21-13-16-7-5-11-25-16)23-19(22-14)20-10-9-15-6-3-4-8-17(15)24-2/h3-4,6,8,12,16H,5,7,9-11,13H2,1-2H3,(H2,20,21,22,23). The molecule has 1 atom stereocenters. The Morgan fingerprint density at radius 2 is 2.12 bits per heavy atom. The number of nitrogens with one attached hydrogen (secondary N) is 2. The van der Waals surface area contributed by atoms with E-state index < -0.39 is 0 Å². The summed E-state index contributed by atoms with van der Waals surface area (Å²) in [6.07, 6.45) is 3.39. The van der Waals surface area contributed by atoms with E-state index in [2.05, 4.69) is 26.7 Å². The van der Waals surface area contributed by atoms with Crippen LogP contribution in [0.1, 0.15) is 24.1 Å². The van der Waals surface area contributed by atoms with Crippen LogP contribution in [-0.2, 0) is 11.2 Å². The van der Waals surface area contributed by atoms with E-state index in [1.54, 1.807) is 7.11 Å². The molecule has 1 fully saturated rings. The third-order valence-corrected chi connectivity index (χ3v) is 4.26. The Morgan fingerprint density at radius 1 is 1.24 bits per heavy atom. The summed E-state index contributed by atoms with van der Waals surface area (Å²) in [5.74, 6) is 2.39. The number of nitrogens with zero attached hydrogens (tertiary/aromatic N) is 2. The van der Waals surface area contributed by atoms with Crippen LogP contribution in [0.25, 0.3) is 0 Å². The van der Waals surface area contributed by atoms with Gasteiger partial charge in [0.05, 0.1) is 13.2 Å². The van der Waals surface area contributed by atoms with Gasteiger partial charge in [0.1, 0.15) is 11.6 Å². The highest BCUT2D eigenvalue weighted by Gasteiger charge is 2.15. The molecule has 134 valence electrons. The number of methoxy groups -OCH3 is 1. The van der Waals surface area contributed by atoms with Crippen molar-refractivity contribution in [1.82, 2.24) is 9.97 Å². The maximum atomic E-state index is 5.64. The molecule has 0 spiro atoms. The molecule has 1 aliphatic heterocycles. The molecule has 2 aromatic rings. The number of aromatic nitrogens is 2. The van der Waals surface area contributed by atoms with Gasteiger partial charge in [0, 0.05) is 31.5 Å². The highest BCUT2D eigenvalue weighted by atomic mass is 16.5. The summed E-state index contributed by atoms with van der Waals surface area (Å²) in [5, 5.41) is 6.66. The van der Waals surface area contributed by atoms with Crippen molar-refractivity contribution in [3.05, 3.63) is 41.6 Å². The molecule has 6 nitrogen and oxygen atoms in total. The number of hydrogen-bond donors (Lipinski definition) is 2. The molecule has 3 rings (SSSR count). The van der Waals surface area contributed by atoms with Crippen LogP contribution in [0.15, 0.2) is 30.3 Å². The Kier molecular flexibility index (Phi) is 6.06. The molecular weight excluding hydrogens is 316 g/mol. The fourth-order valence-electron chi connectivity index (χ4n) is 2.98. The van der Waals surface area contributed by atoms with Gasteiger partial charge in [-0.3, -0.25) is 0 Å². The fourth-order valence-corrected chi connectivity index (χ4v) is 2.98. The molecule has 0 amide bonds. The van der Waals surface area contributed by atoms with E-state index in [9.17, 15) is 0 Å². The largest absolute Gasteiger partial charge is 0.496 e. The van der Waals surface area contributed by atoms with Gasteiger partial charge in [-0.25, -0.2) is 4.98 Å². The molecule has 25 heavy (non-hydrogen) atoms. The lowest BCUT2D eigenvalue weighted by Gasteiger charge is -2.13. The van der Waals surface area contributed by atoms with Crippen LogP contribution in [-0.4, -0.2) is 42.9 Å². The van der Waals surface area contributed by atoms with E-state index in [0.29, 0.717) is 5.95 Å². The van der Waals surface area contributed by atoms with Crippen molar-refractivity contribution in [2.45, 2.75) is 32.3 Å². The Morgan fingerprint density at radius 3 is 2.92 bits per heavy atom. The molecule has 1 aromatic heterocycles. The van der Waals surface area contributed by atoms with E-state index in [0.717, 1.165) is 56.2 Å². The van der Waals surface area contributed by atoms with E-state index in [4.69, 9.17) is 9.47 Å². The Bertz CT molecular complexity index is 687. The molecule has 6 heteroatoms. The third kappa shape index (κ3) is 5.06. The second-order valence-corrected chi connectivity index (χ2v) is 6.22. The molecule has 0 aliphatic carbocycles. The van der Waals surface area contributed by atoms with Crippen molar-refractivity contribution in [2.24, 2.45) is 0 Å². The van der Waals surface area contributed by atoms with Crippen molar-refractivity contribution in [2.75, 3.05) is 37.4 Å². The lowest BCUT2D eigenvalue weighted by Crippen LogP contribution is -2.19. The molecule has 2 N–H and O–H groups in total. The van der Waals surface area contributed by atoms with Crippen LogP contribution in [0.2, 0.25) is 0 Å². The van der Waals surface area contributed by atoms with Gasteiger partial charge in [-0.15, -0.1) is 0 Å². The number of anilines is 2. The highest BCUT2D eigenvalue weighted by molar-refractivity contribution is 5.42. The van der Waals surface area contributed by atoms with Crippen molar-refractivity contribution < 1.29 is 9.47 Å². The SMILES string of the molecule is COc1ccccc1CCNc1nc(C)cc(NCC2CCCO2)n1. The van der Waals surface area contributed by atoms with Crippen LogP contribution in [0.3, 0.4) is 0 Å². The normalized spacial score (nSPS) is 16.6. The predicted octanol–water partition coefficient (Wildman–Crippen LogP) is 3.04. The highest BCUT2D eigenvalue weighted by Crippen LogP contribution is 2.18. The number of para-hydroxylation sites is 1. The van der Waals surface area contributed by atoms with Crippen molar-refractivity contribution >= 4 is 11.8 Å². The molecule has 0 bridgehead atoms. The minimum atomic E-state index is 0.289. The van der Waals surface area contributed by atoms with Crippen LogP contribution in [0, 0.1) is 6.92 Å². The molecule has 1 saturated heterocycles. The molecular formula is C19H26N4O2. The molecule has 1 unspecified atom stereocenters. The first-order valence-corrected chi connectivity index (χ1v) is 8.81. The average molecular weight is 342 g/mol. The Balaban J connectivity index is 1.54. The number of ether oxygens (including phenoxy) is 2. The number of aryl methyl sites for hydroxylation is 1. The molecule has 0 radical (unpaired) electrons. The van der Waals surface area contributed by atoms with Crippen LogP contribution < -0.4 is 15.4 Å². The summed E-state index contributed by atoms with van der Waals surface area (Å²) >= 11 is 0. The van der Waals surface area contributed by atoms with Gasteiger partial charge in [0.2, 0.25) is 5.95 Å². The van der Waals surface area contributed by atoms with Gasteiger partial charge in [0.25, 0.3) is 0 Å². The zero-order valence-corrected chi connectivity index (χ0v) is 14.9. The monoisotopic (exact) mass is 342 g/mol. The second kappa shape index (κ2) is 8.67. The molecule has 1 aliphatic rings. The van der Waals surface area contributed by atoms with Gasteiger partial charge >= 0.3 is 0 Å². The van der Waals surface area contributed by atoms with Crippen LogP contribution in [0.4, 0.5) is 11.8 Å². The quantitative estimate of drug-likeness (QED) is 0.768. The van der Waals surface area contributed by atoms with E-state index in [1.807, 2.05) is 31.2 Å².